The van der Waals surface area contributed by atoms with Crippen LogP contribution in [0, 0.1) is 11.2 Å². The van der Waals surface area contributed by atoms with Gasteiger partial charge in [-0.25, -0.2) is 32.5 Å². The lowest BCUT2D eigenvalue weighted by atomic mass is 9.92. The summed E-state index contributed by atoms with van der Waals surface area (Å²) in [6, 6.07) is 7.93. The molecule has 1 aromatic carbocycles. The molecule has 12 heteroatoms. The number of rotatable bonds is 8. The van der Waals surface area contributed by atoms with E-state index in [2.05, 4.69) is 25.0 Å². The topological polar surface area (TPSA) is 131 Å². The van der Waals surface area contributed by atoms with Crippen molar-refractivity contribution in [1.82, 2.24) is 24.7 Å². The van der Waals surface area contributed by atoms with Gasteiger partial charge in [0.15, 0.2) is 5.82 Å². The molecule has 1 fully saturated rings. The first-order valence-corrected chi connectivity index (χ1v) is 13.0. The molecule has 0 amide bonds. The normalized spacial score (nSPS) is 20.8. The first kappa shape index (κ1) is 25.2. The van der Waals surface area contributed by atoms with Gasteiger partial charge in [-0.15, -0.1) is 0 Å². The second-order valence-corrected chi connectivity index (χ2v) is 11.1. The molecule has 4 rings (SSSR count). The van der Waals surface area contributed by atoms with Crippen LogP contribution in [0.4, 0.5) is 10.3 Å². The van der Waals surface area contributed by atoms with Crippen LogP contribution < -0.4 is 10.0 Å². The van der Waals surface area contributed by atoms with Gasteiger partial charge in [-0.05, 0) is 44.2 Å². The van der Waals surface area contributed by atoms with Gasteiger partial charge < -0.3 is 19.8 Å². The Bertz CT molecular complexity index is 1270. The number of ether oxygens (including phenoxy) is 2. The largest absolute Gasteiger partial charge is 0.352 e. The Morgan fingerprint density at radius 3 is 2.49 bits per heavy atom. The fraction of sp³-hybridized carbons (Fsp3) is 0.435. The zero-order chi connectivity index (χ0) is 25.2. The minimum Gasteiger partial charge on any atom is -0.352 e. The number of imidazole rings is 1. The Kier molecular flexibility index (Phi) is 7.17. The molecule has 3 aromatic rings. The maximum Gasteiger partial charge on any atom is 0.223 e. The number of H-pyrrole nitrogens is 1. The summed E-state index contributed by atoms with van der Waals surface area (Å²) in [5.41, 5.74) is 1.94. The standard InChI is InChI=1S/C23H29FN6O4S/c1-14(2)27-22-25-10-9-17(28-22)19-18(15-5-7-16(24)8-6-15)29-20(30-19)21-33-12-23(3,13-34-21)11-26-35(4,31)32/h5-10,14,21,26H,11-13H2,1-4H3,(H,29,30)(H,25,27,28). The smallest absolute Gasteiger partial charge is 0.223 e. The highest BCUT2D eigenvalue weighted by Crippen LogP contribution is 2.35. The maximum absolute atomic E-state index is 13.6. The van der Waals surface area contributed by atoms with Gasteiger partial charge in [-0.1, -0.05) is 6.92 Å². The lowest BCUT2D eigenvalue weighted by molar-refractivity contribution is -0.231. The van der Waals surface area contributed by atoms with E-state index in [0.29, 0.717) is 34.4 Å². The van der Waals surface area contributed by atoms with Gasteiger partial charge in [0.25, 0.3) is 0 Å². The van der Waals surface area contributed by atoms with Crippen LogP contribution in [0.5, 0.6) is 0 Å². The molecule has 0 unspecified atom stereocenters. The van der Waals surface area contributed by atoms with Gasteiger partial charge in [0.05, 0.1) is 36.6 Å². The Hall–Kier alpha value is -2.93. The number of nitrogens with one attached hydrogen (secondary N) is 3. The van der Waals surface area contributed by atoms with E-state index >= 15 is 0 Å². The van der Waals surface area contributed by atoms with E-state index in [9.17, 15) is 12.8 Å². The molecule has 1 saturated heterocycles. The predicted molar refractivity (Wildman–Crippen MR) is 129 cm³/mol. The number of benzene rings is 1. The maximum atomic E-state index is 13.6. The Labute approximate surface area is 203 Å². The molecule has 2 aromatic heterocycles. The molecule has 0 saturated carbocycles. The summed E-state index contributed by atoms with van der Waals surface area (Å²) in [5.74, 6) is 0.546. The van der Waals surface area contributed by atoms with E-state index in [-0.39, 0.29) is 31.6 Å². The van der Waals surface area contributed by atoms with Gasteiger partial charge in [0, 0.05) is 29.8 Å². The predicted octanol–water partition coefficient (Wildman–Crippen LogP) is 3.09. The number of sulfonamides is 1. The van der Waals surface area contributed by atoms with Crippen molar-refractivity contribution >= 4 is 16.0 Å². The number of aromatic amines is 1. The van der Waals surface area contributed by atoms with Gasteiger partial charge >= 0.3 is 0 Å². The fourth-order valence-electron chi connectivity index (χ4n) is 3.54. The molecule has 1 aliphatic rings. The third-order valence-electron chi connectivity index (χ3n) is 5.32. The number of nitrogens with zero attached hydrogens (tertiary/aromatic N) is 3. The SMILES string of the molecule is CC(C)Nc1nccc(-c2[nH]c(C3OCC(C)(CNS(C)(=O)=O)CO3)nc2-c2ccc(F)cc2)n1. The molecule has 0 radical (unpaired) electrons. The highest BCUT2D eigenvalue weighted by molar-refractivity contribution is 7.88. The Balaban J connectivity index is 1.63. The van der Waals surface area contributed by atoms with E-state index in [1.54, 1.807) is 24.4 Å². The summed E-state index contributed by atoms with van der Waals surface area (Å²) in [6.45, 7) is 6.57. The van der Waals surface area contributed by atoms with Gasteiger partial charge in [-0.2, -0.15) is 0 Å². The van der Waals surface area contributed by atoms with E-state index in [1.807, 2.05) is 20.8 Å². The fourth-order valence-corrected chi connectivity index (χ4v) is 4.15. The molecule has 3 N–H and O–H groups in total. The zero-order valence-electron chi connectivity index (χ0n) is 20.0. The van der Waals surface area contributed by atoms with Crippen LogP contribution >= 0.6 is 0 Å². The average Bonchev–Trinajstić information content (AvgIpc) is 3.24. The van der Waals surface area contributed by atoms with Crippen LogP contribution in [-0.4, -0.2) is 60.4 Å². The van der Waals surface area contributed by atoms with Crippen molar-refractivity contribution in [2.24, 2.45) is 5.41 Å². The molecule has 188 valence electrons. The lowest BCUT2D eigenvalue weighted by Crippen LogP contribution is -2.45. The number of aromatic nitrogens is 4. The molecule has 0 spiro atoms. The van der Waals surface area contributed by atoms with E-state index in [4.69, 9.17) is 14.5 Å². The summed E-state index contributed by atoms with van der Waals surface area (Å²) in [4.78, 5) is 16.8. The number of hydrogen-bond donors (Lipinski definition) is 3. The Morgan fingerprint density at radius 1 is 1.17 bits per heavy atom. The third-order valence-corrected chi connectivity index (χ3v) is 5.99. The molecule has 0 aliphatic carbocycles. The molecule has 10 nitrogen and oxygen atoms in total. The Morgan fingerprint density at radius 2 is 1.86 bits per heavy atom. The van der Waals surface area contributed by atoms with Crippen LogP contribution in [0.15, 0.2) is 36.5 Å². The lowest BCUT2D eigenvalue weighted by Gasteiger charge is -2.36. The van der Waals surface area contributed by atoms with Gasteiger partial charge in [-0.3, -0.25) is 0 Å². The summed E-state index contributed by atoms with van der Waals surface area (Å²) in [5, 5.41) is 3.18. The van der Waals surface area contributed by atoms with E-state index in [0.717, 1.165) is 6.26 Å². The summed E-state index contributed by atoms with van der Waals surface area (Å²) >= 11 is 0. The number of halogens is 1. The summed E-state index contributed by atoms with van der Waals surface area (Å²) in [6.07, 6.45) is 1.97. The monoisotopic (exact) mass is 504 g/mol. The summed E-state index contributed by atoms with van der Waals surface area (Å²) < 4.78 is 50.9. The van der Waals surface area contributed by atoms with Crippen molar-refractivity contribution in [2.75, 3.05) is 31.3 Å². The van der Waals surface area contributed by atoms with E-state index < -0.39 is 21.7 Å². The highest BCUT2D eigenvalue weighted by Gasteiger charge is 2.35. The molecule has 0 atom stereocenters. The van der Waals surface area contributed by atoms with Crippen molar-refractivity contribution in [3.05, 3.63) is 48.2 Å². The molecular formula is C23H29FN6O4S. The number of anilines is 1. The molecule has 0 bridgehead atoms. The van der Waals surface area contributed by atoms with Crippen LogP contribution in [0.2, 0.25) is 0 Å². The van der Waals surface area contributed by atoms with Crippen molar-refractivity contribution in [3.8, 4) is 22.6 Å². The highest BCUT2D eigenvalue weighted by atomic mass is 32.2. The van der Waals surface area contributed by atoms with Crippen molar-refractivity contribution in [1.29, 1.82) is 0 Å². The molecule has 3 heterocycles. The van der Waals surface area contributed by atoms with Crippen LogP contribution in [0.3, 0.4) is 0 Å². The van der Waals surface area contributed by atoms with Crippen LogP contribution in [0.1, 0.15) is 32.9 Å². The summed E-state index contributed by atoms with van der Waals surface area (Å²) in [7, 11) is -3.33. The minimum absolute atomic E-state index is 0.148. The van der Waals surface area contributed by atoms with Crippen molar-refractivity contribution in [3.63, 3.8) is 0 Å². The average molecular weight is 505 g/mol. The van der Waals surface area contributed by atoms with Crippen molar-refractivity contribution in [2.45, 2.75) is 33.1 Å². The van der Waals surface area contributed by atoms with Crippen LogP contribution in [0.25, 0.3) is 22.6 Å². The third kappa shape index (κ3) is 6.40. The van der Waals surface area contributed by atoms with Crippen LogP contribution in [-0.2, 0) is 19.5 Å². The molecular weight excluding hydrogens is 475 g/mol. The first-order chi connectivity index (χ1) is 16.5. The second-order valence-electron chi connectivity index (χ2n) is 9.27. The minimum atomic E-state index is -3.33. The zero-order valence-corrected chi connectivity index (χ0v) is 20.8. The van der Waals surface area contributed by atoms with Crippen molar-refractivity contribution < 1.29 is 22.3 Å². The molecule has 35 heavy (non-hydrogen) atoms. The van der Waals surface area contributed by atoms with Gasteiger partial charge in [0.1, 0.15) is 5.82 Å². The molecule has 1 aliphatic heterocycles. The first-order valence-electron chi connectivity index (χ1n) is 11.1. The quantitative estimate of drug-likeness (QED) is 0.427. The van der Waals surface area contributed by atoms with Gasteiger partial charge in [0.2, 0.25) is 22.3 Å². The van der Waals surface area contributed by atoms with E-state index in [1.165, 1.54) is 12.1 Å². The second kappa shape index (κ2) is 9.97. The number of hydrogen-bond acceptors (Lipinski definition) is 8.